The molecule has 5 nitrogen and oxygen atoms in total. The summed E-state index contributed by atoms with van der Waals surface area (Å²) in [6.45, 7) is 2.23. The van der Waals surface area contributed by atoms with Gasteiger partial charge >= 0.3 is 0 Å². The SMILES string of the molecule is Cc1cc(CNC(=O)CC2(N)CCCC2)on1. The molecule has 17 heavy (non-hydrogen) atoms. The van der Waals surface area contributed by atoms with Crippen LogP contribution < -0.4 is 11.1 Å². The maximum atomic E-state index is 11.7. The van der Waals surface area contributed by atoms with E-state index in [1.165, 1.54) is 0 Å². The first-order valence-electron chi connectivity index (χ1n) is 6.05. The van der Waals surface area contributed by atoms with Crippen LogP contribution in [0.4, 0.5) is 0 Å². The summed E-state index contributed by atoms with van der Waals surface area (Å²) in [4.78, 5) is 11.7. The van der Waals surface area contributed by atoms with Gasteiger partial charge in [-0.25, -0.2) is 0 Å². The van der Waals surface area contributed by atoms with E-state index in [9.17, 15) is 4.79 Å². The lowest BCUT2D eigenvalue weighted by molar-refractivity contribution is -0.122. The van der Waals surface area contributed by atoms with Crippen molar-refractivity contribution < 1.29 is 9.32 Å². The number of hydrogen-bond acceptors (Lipinski definition) is 4. The van der Waals surface area contributed by atoms with E-state index in [-0.39, 0.29) is 11.4 Å². The van der Waals surface area contributed by atoms with Crippen molar-refractivity contribution in [1.82, 2.24) is 10.5 Å². The fraction of sp³-hybridized carbons (Fsp3) is 0.667. The molecular weight excluding hydrogens is 218 g/mol. The van der Waals surface area contributed by atoms with Crippen molar-refractivity contribution in [3.63, 3.8) is 0 Å². The molecule has 1 heterocycles. The molecule has 0 aromatic carbocycles. The number of hydrogen-bond donors (Lipinski definition) is 2. The molecule has 1 aromatic rings. The first-order valence-corrected chi connectivity index (χ1v) is 6.05. The van der Waals surface area contributed by atoms with E-state index in [0.717, 1.165) is 31.4 Å². The molecule has 1 saturated carbocycles. The summed E-state index contributed by atoms with van der Waals surface area (Å²) < 4.78 is 5.01. The minimum atomic E-state index is -0.290. The Bertz CT molecular complexity index is 394. The lowest BCUT2D eigenvalue weighted by Gasteiger charge is -2.22. The van der Waals surface area contributed by atoms with Gasteiger partial charge in [0.05, 0.1) is 12.2 Å². The van der Waals surface area contributed by atoms with Gasteiger partial charge in [-0.05, 0) is 19.8 Å². The van der Waals surface area contributed by atoms with Crippen molar-refractivity contribution in [3.8, 4) is 0 Å². The molecule has 0 radical (unpaired) electrons. The van der Waals surface area contributed by atoms with Crippen molar-refractivity contribution in [2.75, 3.05) is 0 Å². The third-order valence-electron chi connectivity index (χ3n) is 3.25. The van der Waals surface area contributed by atoms with Crippen molar-refractivity contribution >= 4 is 5.91 Å². The number of amides is 1. The normalized spacial score (nSPS) is 18.2. The summed E-state index contributed by atoms with van der Waals surface area (Å²) in [6, 6.07) is 1.81. The molecule has 1 aliphatic rings. The van der Waals surface area contributed by atoms with Crippen LogP contribution in [0.25, 0.3) is 0 Å². The molecule has 0 spiro atoms. The van der Waals surface area contributed by atoms with Gasteiger partial charge in [-0.3, -0.25) is 4.79 Å². The number of carbonyl (C=O) groups excluding carboxylic acids is 1. The number of nitrogens with zero attached hydrogens (tertiary/aromatic N) is 1. The summed E-state index contributed by atoms with van der Waals surface area (Å²) in [6.07, 6.45) is 4.56. The molecule has 1 aliphatic carbocycles. The zero-order valence-electron chi connectivity index (χ0n) is 10.2. The number of nitrogens with two attached hydrogens (primary N) is 1. The number of rotatable bonds is 4. The van der Waals surface area contributed by atoms with Crippen molar-refractivity contribution in [2.45, 2.75) is 51.1 Å². The van der Waals surface area contributed by atoms with Crippen LogP contribution >= 0.6 is 0 Å². The topological polar surface area (TPSA) is 81.2 Å². The average molecular weight is 237 g/mol. The smallest absolute Gasteiger partial charge is 0.222 e. The molecule has 2 rings (SSSR count). The van der Waals surface area contributed by atoms with Crippen LogP contribution in [0.3, 0.4) is 0 Å². The minimum Gasteiger partial charge on any atom is -0.359 e. The summed E-state index contributed by atoms with van der Waals surface area (Å²) in [5.74, 6) is 0.664. The quantitative estimate of drug-likeness (QED) is 0.826. The Morgan fingerprint density at radius 3 is 2.88 bits per heavy atom. The number of aromatic nitrogens is 1. The van der Waals surface area contributed by atoms with Gasteiger partial charge < -0.3 is 15.6 Å². The third kappa shape index (κ3) is 3.30. The molecule has 3 N–H and O–H groups in total. The summed E-state index contributed by atoms with van der Waals surface area (Å²) in [5.41, 5.74) is 6.67. The Balaban J connectivity index is 1.77. The van der Waals surface area contributed by atoms with E-state index >= 15 is 0 Å². The van der Waals surface area contributed by atoms with Crippen LogP contribution in [0.5, 0.6) is 0 Å². The van der Waals surface area contributed by atoms with Gasteiger partial charge in [0, 0.05) is 18.0 Å². The molecule has 0 aliphatic heterocycles. The van der Waals surface area contributed by atoms with E-state index in [2.05, 4.69) is 10.5 Å². The monoisotopic (exact) mass is 237 g/mol. The zero-order valence-corrected chi connectivity index (χ0v) is 10.2. The molecule has 5 heteroatoms. The predicted molar refractivity (Wildman–Crippen MR) is 63.1 cm³/mol. The molecule has 0 unspecified atom stereocenters. The Morgan fingerprint density at radius 1 is 1.59 bits per heavy atom. The van der Waals surface area contributed by atoms with Gasteiger partial charge in [-0.1, -0.05) is 18.0 Å². The maximum absolute atomic E-state index is 11.7. The second-order valence-corrected chi connectivity index (χ2v) is 4.96. The minimum absolute atomic E-state index is 0.0107. The van der Waals surface area contributed by atoms with Crippen molar-refractivity contribution in [1.29, 1.82) is 0 Å². The zero-order chi connectivity index (χ0) is 12.3. The summed E-state index contributed by atoms with van der Waals surface area (Å²) in [7, 11) is 0. The van der Waals surface area contributed by atoms with Crippen LogP contribution in [-0.4, -0.2) is 16.6 Å². The van der Waals surface area contributed by atoms with Crippen molar-refractivity contribution in [3.05, 3.63) is 17.5 Å². The second kappa shape index (κ2) is 4.87. The largest absolute Gasteiger partial charge is 0.359 e. The van der Waals surface area contributed by atoms with E-state index in [1.807, 2.05) is 13.0 Å². The molecule has 1 fully saturated rings. The van der Waals surface area contributed by atoms with Gasteiger partial charge in [0.25, 0.3) is 0 Å². The van der Waals surface area contributed by atoms with Crippen molar-refractivity contribution in [2.24, 2.45) is 5.73 Å². The Labute approximate surface area is 101 Å². The molecule has 0 saturated heterocycles. The Kier molecular flexibility index (Phi) is 3.47. The van der Waals surface area contributed by atoms with Gasteiger partial charge in [0.1, 0.15) is 0 Å². The highest BCUT2D eigenvalue weighted by atomic mass is 16.5. The second-order valence-electron chi connectivity index (χ2n) is 4.96. The molecule has 94 valence electrons. The van der Waals surface area contributed by atoms with Crippen LogP contribution in [0.2, 0.25) is 0 Å². The molecular formula is C12H19N3O2. The van der Waals surface area contributed by atoms with E-state index < -0.39 is 0 Å². The first-order chi connectivity index (χ1) is 8.07. The number of carbonyl (C=O) groups is 1. The average Bonchev–Trinajstić information content (AvgIpc) is 2.85. The molecule has 1 amide bonds. The van der Waals surface area contributed by atoms with Crippen LogP contribution in [-0.2, 0) is 11.3 Å². The summed E-state index contributed by atoms with van der Waals surface area (Å²) in [5, 5.41) is 6.57. The Hall–Kier alpha value is -1.36. The lowest BCUT2D eigenvalue weighted by atomic mass is 9.94. The fourth-order valence-corrected chi connectivity index (χ4v) is 2.32. The first kappa shape index (κ1) is 12.1. The number of aryl methyl sites for hydroxylation is 1. The summed E-state index contributed by atoms with van der Waals surface area (Å²) >= 11 is 0. The molecule has 0 atom stereocenters. The highest BCUT2D eigenvalue weighted by molar-refractivity contribution is 5.77. The van der Waals surface area contributed by atoms with E-state index in [0.29, 0.717) is 18.7 Å². The number of nitrogens with one attached hydrogen (secondary N) is 1. The predicted octanol–water partition coefficient (Wildman–Crippen LogP) is 1.26. The van der Waals surface area contributed by atoms with Crippen LogP contribution in [0, 0.1) is 6.92 Å². The highest BCUT2D eigenvalue weighted by Gasteiger charge is 2.31. The molecule has 1 aromatic heterocycles. The lowest BCUT2D eigenvalue weighted by Crippen LogP contribution is -2.41. The Morgan fingerprint density at radius 2 is 2.29 bits per heavy atom. The van der Waals surface area contributed by atoms with E-state index in [1.54, 1.807) is 0 Å². The van der Waals surface area contributed by atoms with Gasteiger partial charge in [0.2, 0.25) is 5.91 Å². The third-order valence-corrected chi connectivity index (χ3v) is 3.25. The van der Waals surface area contributed by atoms with Crippen LogP contribution in [0.15, 0.2) is 10.6 Å². The van der Waals surface area contributed by atoms with Gasteiger partial charge in [-0.15, -0.1) is 0 Å². The van der Waals surface area contributed by atoms with Gasteiger partial charge in [0.15, 0.2) is 5.76 Å². The standard InChI is InChI=1S/C12H19N3O2/c1-9-6-10(17-15-9)8-14-11(16)7-12(13)4-2-3-5-12/h6H,2-5,7-8,13H2,1H3,(H,14,16). The van der Waals surface area contributed by atoms with Gasteiger partial charge in [-0.2, -0.15) is 0 Å². The van der Waals surface area contributed by atoms with E-state index in [4.69, 9.17) is 10.3 Å². The van der Waals surface area contributed by atoms with Crippen LogP contribution in [0.1, 0.15) is 43.6 Å². The fourth-order valence-electron chi connectivity index (χ4n) is 2.32. The molecule has 0 bridgehead atoms. The highest BCUT2D eigenvalue weighted by Crippen LogP contribution is 2.29. The maximum Gasteiger partial charge on any atom is 0.222 e.